The SMILES string of the molecule is C=CCN(CC=C)c1nc(SC)nc2sc3c(c12)CCCC3. The van der Waals surface area contributed by atoms with Crippen molar-refractivity contribution >= 4 is 39.1 Å². The predicted molar refractivity (Wildman–Crippen MR) is 98.4 cm³/mol. The molecule has 0 fully saturated rings. The van der Waals surface area contributed by atoms with Crippen molar-refractivity contribution in [3.05, 3.63) is 35.8 Å². The predicted octanol–water partition coefficient (Wildman–Crippen LogP) is 4.47. The minimum Gasteiger partial charge on any atom is -0.349 e. The van der Waals surface area contributed by atoms with Crippen molar-refractivity contribution in [2.24, 2.45) is 0 Å². The third-order valence-corrected chi connectivity index (χ3v) is 5.69. The van der Waals surface area contributed by atoms with E-state index in [-0.39, 0.29) is 0 Å². The molecule has 0 aliphatic heterocycles. The van der Waals surface area contributed by atoms with Gasteiger partial charge in [0.2, 0.25) is 0 Å². The summed E-state index contributed by atoms with van der Waals surface area (Å²) in [6.45, 7) is 9.32. The molecule has 5 heteroatoms. The smallest absolute Gasteiger partial charge is 0.190 e. The van der Waals surface area contributed by atoms with E-state index < -0.39 is 0 Å². The highest BCUT2D eigenvalue weighted by Gasteiger charge is 2.23. The zero-order valence-corrected chi connectivity index (χ0v) is 14.6. The molecule has 1 aliphatic carbocycles. The van der Waals surface area contributed by atoms with Gasteiger partial charge in [-0.3, -0.25) is 0 Å². The van der Waals surface area contributed by atoms with Crippen LogP contribution in [-0.2, 0) is 12.8 Å². The Hall–Kier alpha value is -1.33. The number of anilines is 1. The van der Waals surface area contributed by atoms with Gasteiger partial charge >= 0.3 is 0 Å². The molecular weight excluding hydrogens is 310 g/mol. The fraction of sp³-hybridized carbons (Fsp3) is 0.412. The number of fused-ring (bicyclic) bond motifs is 3. The molecule has 0 radical (unpaired) electrons. The number of aromatic nitrogens is 2. The first-order valence-corrected chi connectivity index (χ1v) is 9.65. The Morgan fingerprint density at radius 3 is 2.59 bits per heavy atom. The second-order valence-corrected chi connectivity index (χ2v) is 7.26. The van der Waals surface area contributed by atoms with E-state index in [0.29, 0.717) is 0 Å². The van der Waals surface area contributed by atoms with Gasteiger partial charge in [0.1, 0.15) is 10.6 Å². The van der Waals surface area contributed by atoms with E-state index in [1.165, 1.54) is 35.1 Å². The average Bonchev–Trinajstić information content (AvgIpc) is 2.92. The lowest BCUT2D eigenvalue weighted by Gasteiger charge is -2.22. The van der Waals surface area contributed by atoms with Crippen LogP contribution in [0.4, 0.5) is 5.82 Å². The summed E-state index contributed by atoms with van der Waals surface area (Å²) < 4.78 is 0. The van der Waals surface area contributed by atoms with Crippen molar-refractivity contribution in [2.45, 2.75) is 30.8 Å². The van der Waals surface area contributed by atoms with E-state index in [1.807, 2.05) is 29.7 Å². The molecule has 2 heterocycles. The number of hydrogen-bond acceptors (Lipinski definition) is 5. The molecule has 2 aromatic heterocycles. The molecular formula is C17H21N3S2. The summed E-state index contributed by atoms with van der Waals surface area (Å²) >= 11 is 3.46. The molecule has 3 rings (SSSR count). The summed E-state index contributed by atoms with van der Waals surface area (Å²) in [6.07, 6.45) is 10.8. The van der Waals surface area contributed by atoms with Crippen molar-refractivity contribution in [2.75, 3.05) is 24.2 Å². The summed E-state index contributed by atoms with van der Waals surface area (Å²) in [5.41, 5.74) is 1.48. The highest BCUT2D eigenvalue weighted by Crippen LogP contribution is 2.40. The summed E-state index contributed by atoms with van der Waals surface area (Å²) in [5, 5.41) is 2.11. The Kier molecular flexibility index (Phi) is 4.84. The lowest BCUT2D eigenvalue weighted by molar-refractivity contribution is 0.700. The van der Waals surface area contributed by atoms with Crippen molar-refractivity contribution < 1.29 is 0 Å². The van der Waals surface area contributed by atoms with Gasteiger partial charge in [-0.1, -0.05) is 23.9 Å². The third kappa shape index (κ3) is 2.79. The van der Waals surface area contributed by atoms with E-state index in [1.54, 1.807) is 11.8 Å². The zero-order valence-electron chi connectivity index (χ0n) is 13.0. The molecule has 2 aromatic rings. The van der Waals surface area contributed by atoms with Gasteiger partial charge < -0.3 is 4.90 Å². The molecule has 0 saturated carbocycles. The topological polar surface area (TPSA) is 29.0 Å². The molecule has 0 saturated heterocycles. The number of aryl methyl sites for hydroxylation is 2. The zero-order chi connectivity index (χ0) is 15.5. The first kappa shape index (κ1) is 15.6. The van der Waals surface area contributed by atoms with Crippen LogP contribution in [0.1, 0.15) is 23.3 Å². The van der Waals surface area contributed by atoms with Crippen LogP contribution in [0.15, 0.2) is 30.5 Å². The molecule has 3 nitrogen and oxygen atoms in total. The maximum absolute atomic E-state index is 4.83. The molecule has 1 aliphatic rings. The quantitative estimate of drug-likeness (QED) is 0.444. The molecule has 0 bridgehead atoms. The molecule has 0 N–H and O–H groups in total. The fourth-order valence-electron chi connectivity index (χ4n) is 3.00. The fourth-order valence-corrected chi connectivity index (χ4v) is 4.67. The van der Waals surface area contributed by atoms with Gasteiger partial charge in [-0.2, -0.15) is 0 Å². The van der Waals surface area contributed by atoms with Crippen LogP contribution in [0.25, 0.3) is 10.2 Å². The minimum absolute atomic E-state index is 0.774. The molecule has 0 atom stereocenters. The molecule has 0 amide bonds. The monoisotopic (exact) mass is 331 g/mol. The summed E-state index contributed by atoms with van der Waals surface area (Å²) in [6, 6.07) is 0. The number of rotatable bonds is 6. The number of thioether (sulfide) groups is 1. The Balaban J connectivity index is 2.22. The Labute approximate surface area is 140 Å². The van der Waals surface area contributed by atoms with Gasteiger partial charge in [0.05, 0.1) is 5.39 Å². The van der Waals surface area contributed by atoms with Gasteiger partial charge in [-0.25, -0.2) is 9.97 Å². The Morgan fingerprint density at radius 2 is 1.91 bits per heavy atom. The second-order valence-electron chi connectivity index (χ2n) is 5.41. The van der Waals surface area contributed by atoms with E-state index in [0.717, 1.165) is 35.3 Å². The highest BCUT2D eigenvalue weighted by molar-refractivity contribution is 7.98. The summed E-state index contributed by atoms with van der Waals surface area (Å²) in [4.78, 5) is 14.5. The molecule has 0 spiro atoms. The van der Waals surface area contributed by atoms with Crippen molar-refractivity contribution in [1.82, 2.24) is 9.97 Å². The molecule has 0 aromatic carbocycles. The van der Waals surface area contributed by atoms with Gasteiger partial charge in [-0.05, 0) is 37.5 Å². The maximum Gasteiger partial charge on any atom is 0.190 e. The van der Waals surface area contributed by atoms with Crippen LogP contribution in [0.5, 0.6) is 0 Å². The summed E-state index contributed by atoms with van der Waals surface area (Å²) in [5.74, 6) is 1.05. The number of thiophene rings is 1. The van der Waals surface area contributed by atoms with Gasteiger partial charge in [0.15, 0.2) is 5.16 Å². The Morgan fingerprint density at radius 1 is 1.18 bits per heavy atom. The minimum atomic E-state index is 0.774. The van der Waals surface area contributed by atoms with Crippen molar-refractivity contribution in [1.29, 1.82) is 0 Å². The molecule has 22 heavy (non-hydrogen) atoms. The second kappa shape index (κ2) is 6.84. The lowest BCUT2D eigenvalue weighted by atomic mass is 9.97. The standard InChI is InChI=1S/C17H21N3S2/c1-4-10-20(11-5-2)15-14-12-8-6-7-9-13(12)22-16(14)19-17(18-15)21-3/h4-5H,1-2,6-11H2,3H3. The van der Waals surface area contributed by atoms with Crippen molar-refractivity contribution in [3.8, 4) is 0 Å². The maximum atomic E-state index is 4.83. The van der Waals surface area contributed by atoms with Crippen molar-refractivity contribution in [3.63, 3.8) is 0 Å². The Bertz CT molecular complexity index is 695. The first-order chi connectivity index (χ1) is 10.8. The van der Waals surface area contributed by atoms with Crippen LogP contribution in [0, 0.1) is 0 Å². The van der Waals surface area contributed by atoms with Crippen LogP contribution < -0.4 is 4.90 Å². The van der Waals surface area contributed by atoms with Crippen LogP contribution in [0.3, 0.4) is 0 Å². The van der Waals surface area contributed by atoms with E-state index >= 15 is 0 Å². The molecule has 0 unspecified atom stereocenters. The normalized spacial score (nSPS) is 13.9. The number of nitrogens with zero attached hydrogens (tertiary/aromatic N) is 3. The highest BCUT2D eigenvalue weighted by atomic mass is 32.2. The van der Waals surface area contributed by atoms with E-state index in [4.69, 9.17) is 9.97 Å². The van der Waals surface area contributed by atoms with Gasteiger partial charge in [0.25, 0.3) is 0 Å². The van der Waals surface area contributed by atoms with E-state index in [9.17, 15) is 0 Å². The summed E-state index contributed by atoms with van der Waals surface area (Å²) in [7, 11) is 0. The van der Waals surface area contributed by atoms with Crippen LogP contribution >= 0.6 is 23.1 Å². The largest absolute Gasteiger partial charge is 0.349 e. The van der Waals surface area contributed by atoms with Crippen LogP contribution in [0.2, 0.25) is 0 Å². The van der Waals surface area contributed by atoms with Crippen LogP contribution in [-0.4, -0.2) is 29.3 Å². The van der Waals surface area contributed by atoms with Gasteiger partial charge in [0, 0.05) is 18.0 Å². The average molecular weight is 332 g/mol. The molecule has 116 valence electrons. The third-order valence-electron chi connectivity index (χ3n) is 3.96. The van der Waals surface area contributed by atoms with Gasteiger partial charge in [-0.15, -0.1) is 24.5 Å². The number of hydrogen-bond donors (Lipinski definition) is 0. The first-order valence-electron chi connectivity index (χ1n) is 7.61. The lowest BCUT2D eigenvalue weighted by Crippen LogP contribution is -2.25. The van der Waals surface area contributed by atoms with E-state index in [2.05, 4.69) is 18.1 Å².